The molecule has 28 heavy (non-hydrogen) atoms. The molecule has 7 heteroatoms. The van der Waals surface area contributed by atoms with Gasteiger partial charge in [-0.05, 0) is 61.1 Å². The number of amides is 1. The molecule has 1 aliphatic carbocycles. The zero-order chi connectivity index (χ0) is 19.4. The van der Waals surface area contributed by atoms with Crippen molar-refractivity contribution in [2.24, 2.45) is 5.92 Å². The van der Waals surface area contributed by atoms with Crippen LogP contribution in [0, 0.1) is 5.92 Å². The van der Waals surface area contributed by atoms with E-state index in [1.54, 1.807) is 29.5 Å². The van der Waals surface area contributed by atoms with Crippen molar-refractivity contribution in [3.8, 4) is 11.3 Å². The van der Waals surface area contributed by atoms with Gasteiger partial charge in [-0.25, -0.2) is 0 Å². The average Bonchev–Trinajstić information content (AvgIpc) is 3.25. The maximum absolute atomic E-state index is 12.8. The molecule has 0 fully saturated rings. The molecule has 2 aliphatic rings. The van der Waals surface area contributed by atoms with Crippen molar-refractivity contribution in [3.05, 3.63) is 62.1 Å². The van der Waals surface area contributed by atoms with Gasteiger partial charge in [0.15, 0.2) is 6.17 Å². The Morgan fingerprint density at radius 1 is 1.14 bits per heavy atom. The van der Waals surface area contributed by atoms with E-state index in [-0.39, 0.29) is 5.91 Å². The Kier molecular flexibility index (Phi) is 4.42. The third-order valence-corrected chi connectivity index (χ3v) is 6.97. The lowest BCUT2D eigenvalue weighted by Gasteiger charge is -2.25. The average molecular weight is 433 g/mol. The molecule has 0 unspecified atom stereocenters. The molecule has 5 rings (SSSR count). The highest BCUT2D eigenvalue weighted by Gasteiger charge is 2.34. The van der Waals surface area contributed by atoms with Crippen LogP contribution in [0.3, 0.4) is 0 Å². The van der Waals surface area contributed by atoms with Gasteiger partial charge in [-0.3, -0.25) is 4.79 Å². The molecule has 2 N–H and O–H groups in total. The van der Waals surface area contributed by atoms with Gasteiger partial charge < -0.3 is 15.1 Å². The first-order chi connectivity index (χ1) is 13.5. The number of carbonyl (C=O) groups is 1. The fourth-order valence-corrected chi connectivity index (χ4v) is 5.93. The highest BCUT2D eigenvalue weighted by atomic mass is 35.5. The Labute approximate surface area is 176 Å². The van der Waals surface area contributed by atoms with Gasteiger partial charge in [-0.2, -0.15) is 0 Å². The van der Waals surface area contributed by atoms with Crippen LogP contribution in [-0.4, -0.2) is 5.91 Å². The molecule has 2 atom stereocenters. The fourth-order valence-electron chi connectivity index (χ4n) is 3.96. The van der Waals surface area contributed by atoms with E-state index in [2.05, 4.69) is 17.6 Å². The molecule has 0 radical (unpaired) electrons. The number of halogens is 2. The Balaban J connectivity index is 1.45. The van der Waals surface area contributed by atoms with E-state index in [4.69, 9.17) is 27.6 Å². The lowest BCUT2D eigenvalue weighted by molar-refractivity contribution is 0.0930. The summed E-state index contributed by atoms with van der Waals surface area (Å²) in [4.78, 5) is 14.2. The number of carbonyl (C=O) groups excluding carboxylic acids is 1. The number of thiophene rings is 1. The zero-order valence-electron chi connectivity index (χ0n) is 15.1. The summed E-state index contributed by atoms with van der Waals surface area (Å²) in [7, 11) is 0. The molecule has 0 saturated heterocycles. The van der Waals surface area contributed by atoms with Crippen LogP contribution >= 0.6 is 34.5 Å². The minimum Gasteiger partial charge on any atom is -0.457 e. The molecule has 3 heterocycles. The summed E-state index contributed by atoms with van der Waals surface area (Å²) in [5, 5.41) is 8.52. The van der Waals surface area contributed by atoms with Crippen molar-refractivity contribution in [1.29, 1.82) is 0 Å². The lowest BCUT2D eigenvalue weighted by Crippen LogP contribution is -2.38. The topological polar surface area (TPSA) is 54.3 Å². The molecule has 1 amide bonds. The van der Waals surface area contributed by atoms with Crippen molar-refractivity contribution in [1.82, 2.24) is 5.32 Å². The standard InChI is InChI=1S/C21H18Cl2N2O2S/c1-10-2-3-14-17(6-10)28-21-18(14)20(26)24-19(25-21)16-5-4-15(27-16)11-7-12(22)9-13(23)8-11/h4-5,7-10,19,25H,2-3,6H2,1H3,(H,24,26)/t10-,19+/m1/s1. The summed E-state index contributed by atoms with van der Waals surface area (Å²) < 4.78 is 6.01. The van der Waals surface area contributed by atoms with Crippen molar-refractivity contribution in [2.75, 3.05) is 5.32 Å². The van der Waals surface area contributed by atoms with Crippen LogP contribution in [0.5, 0.6) is 0 Å². The normalized spacial score (nSPS) is 20.9. The highest BCUT2D eigenvalue weighted by molar-refractivity contribution is 7.16. The van der Waals surface area contributed by atoms with Crippen molar-refractivity contribution in [3.63, 3.8) is 0 Å². The van der Waals surface area contributed by atoms with Gasteiger partial charge in [0.2, 0.25) is 0 Å². The van der Waals surface area contributed by atoms with Gasteiger partial charge in [0.05, 0.1) is 5.56 Å². The Morgan fingerprint density at radius 3 is 2.71 bits per heavy atom. The predicted molar refractivity (Wildman–Crippen MR) is 114 cm³/mol. The minimum absolute atomic E-state index is 0.0328. The summed E-state index contributed by atoms with van der Waals surface area (Å²) >= 11 is 13.9. The number of nitrogens with one attached hydrogen (secondary N) is 2. The quantitative estimate of drug-likeness (QED) is 0.499. The third kappa shape index (κ3) is 3.11. The van der Waals surface area contributed by atoms with Gasteiger partial charge in [0.25, 0.3) is 5.91 Å². The van der Waals surface area contributed by atoms with E-state index in [1.807, 2.05) is 12.1 Å². The predicted octanol–water partition coefficient (Wildman–Crippen LogP) is 6.29. The Hall–Kier alpha value is -1.95. The van der Waals surface area contributed by atoms with Crippen LogP contribution in [0.4, 0.5) is 5.00 Å². The van der Waals surface area contributed by atoms with Crippen molar-refractivity contribution >= 4 is 45.4 Å². The SMILES string of the molecule is C[C@@H]1CCc2c(sc3c2C(=O)N[C@H](c2ccc(-c4cc(Cl)cc(Cl)c4)o2)N3)C1. The second-order valence-corrected chi connectivity index (χ2v) is 9.44. The van der Waals surface area contributed by atoms with Crippen LogP contribution in [0.1, 0.15) is 46.1 Å². The summed E-state index contributed by atoms with van der Waals surface area (Å²) in [5.74, 6) is 1.93. The molecular formula is C21H18Cl2N2O2S. The van der Waals surface area contributed by atoms with E-state index in [0.717, 1.165) is 35.4 Å². The molecule has 144 valence electrons. The van der Waals surface area contributed by atoms with Crippen LogP contribution in [-0.2, 0) is 12.8 Å². The molecule has 1 aliphatic heterocycles. The second kappa shape index (κ2) is 6.83. The minimum atomic E-state index is -0.402. The number of fused-ring (bicyclic) bond motifs is 3. The first-order valence-corrected chi connectivity index (χ1v) is 10.8. The maximum Gasteiger partial charge on any atom is 0.256 e. The molecule has 4 nitrogen and oxygen atoms in total. The van der Waals surface area contributed by atoms with E-state index < -0.39 is 6.17 Å². The molecule has 2 aromatic heterocycles. The maximum atomic E-state index is 12.8. The number of furan rings is 1. The third-order valence-electron chi connectivity index (χ3n) is 5.35. The fraction of sp³-hybridized carbons (Fsp3) is 0.286. The monoisotopic (exact) mass is 432 g/mol. The van der Waals surface area contributed by atoms with Crippen LogP contribution in [0.2, 0.25) is 10.0 Å². The Morgan fingerprint density at radius 2 is 1.93 bits per heavy atom. The summed E-state index contributed by atoms with van der Waals surface area (Å²) in [6, 6.07) is 9.01. The highest BCUT2D eigenvalue weighted by Crippen LogP contribution is 2.43. The van der Waals surface area contributed by atoms with Crippen LogP contribution in [0.15, 0.2) is 34.7 Å². The summed E-state index contributed by atoms with van der Waals surface area (Å²) in [6.45, 7) is 2.27. The van der Waals surface area contributed by atoms with Gasteiger partial charge in [-0.1, -0.05) is 30.1 Å². The van der Waals surface area contributed by atoms with Gasteiger partial charge in [-0.15, -0.1) is 11.3 Å². The van der Waals surface area contributed by atoms with Gasteiger partial charge in [0, 0.05) is 20.5 Å². The first-order valence-electron chi connectivity index (χ1n) is 9.26. The molecule has 0 spiro atoms. The Bertz CT molecular complexity index is 1070. The van der Waals surface area contributed by atoms with Crippen LogP contribution < -0.4 is 10.6 Å². The number of hydrogen-bond acceptors (Lipinski definition) is 4. The number of rotatable bonds is 2. The molecular weight excluding hydrogens is 415 g/mol. The lowest BCUT2D eigenvalue weighted by atomic mass is 9.88. The zero-order valence-corrected chi connectivity index (χ0v) is 17.5. The first kappa shape index (κ1) is 18.1. The summed E-state index contributed by atoms with van der Waals surface area (Å²) in [5.41, 5.74) is 2.83. The smallest absolute Gasteiger partial charge is 0.256 e. The number of hydrogen-bond donors (Lipinski definition) is 2. The van der Waals surface area contributed by atoms with Crippen molar-refractivity contribution < 1.29 is 9.21 Å². The number of benzene rings is 1. The van der Waals surface area contributed by atoms with Gasteiger partial charge >= 0.3 is 0 Å². The van der Waals surface area contributed by atoms with Gasteiger partial charge in [0.1, 0.15) is 16.5 Å². The second-order valence-electron chi connectivity index (χ2n) is 7.47. The van der Waals surface area contributed by atoms with E-state index in [0.29, 0.717) is 27.5 Å². The van der Waals surface area contributed by atoms with E-state index in [1.165, 1.54) is 10.4 Å². The molecule has 0 bridgehead atoms. The van der Waals surface area contributed by atoms with E-state index >= 15 is 0 Å². The largest absolute Gasteiger partial charge is 0.457 e. The van der Waals surface area contributed by atoms with Crippen LogP contribution in [0.25, 0.3) is 11.3 Å². The number of anilines is 1. The molecule has 3 aromatic rings. The molecule has 0 saturated carbocycles. The summed E-state index contributed by atoms with van der Waals surface area (Å²) in [6.07, 6.45) is 2.76. The van der Waals surface area contributed by atoms with E-state index in [9.17, 15) is 4.79 Å². The van der Waals surface area contributed by atoms with Crippen molar-refractivity contribution in [2.45, 2.75) is 32.4 Å². The molecule has 1 aromatic carbocycles.